The molecule has 0 aromatic heterocycles. The van der Waals surface area contributed by atoms with Crippen molar-refractivity contribution in [2.24, 2.45) is 5.92 Å². The fourth-order valence-corrected chi connectivity index (χ4v) is 3.12. The third kappa shape index (κ3) is 4.35. The van der Waals surface area contributed by atoms with Crippen LogP contribution in [0.2, 0.25) is 0 Å². The van der Waals surface area contributed by atoms with Crippen LogP contribution in [-0.4, -0.2) is 23.2 Å². The van der Waals surface area contributed by atoms with E-state index in [0.29, 0.717) is 12.0 Å². The molecule has 5 heteroatoms. The van der Waals surface area contributed by atoms with Gasteiger partial charge < -0.3 is 14.9 Å². The molecule has 29 heavy (non-hydrogen) atoms. The summed E-state index contributed by atoms with van der Waals surface area (Å²) < 4.78 is 35.4. The van der Waals surface area contributed by atoms with Gasteiger partial charge in [-0.2, -0.15) is 8.78 Å². The molecule has 2 unspecified atom stereocenters. The molecule has 0 spiro atoms. The van der Waals surface area contributed by atoms with Gasteiger partial charge in [0, 0.05) is 5.56 Å². The van der Waals surface area contributed by atoms with E-state index in [-0.39, 0.29) is 22.6 Å². The second kappa shape index (κ2) is 8.78. The molecular formula is C24H28F2O3. The van der Waals surface area contributed by atoms with Crippen molar-refractivity contribution in [3.8, 4) is 11.5 Å². The van der Waals surface area contributed by atoms with Crippen molar-refractivity contribution in [3.63, 3.8) is 0 Å². The Hall–Kier alpha value is -2.66. The Kier molecular flexibility index (Phi) is 6.85. The third-order valence-electron chi connectivity index (χ3n) is 5.25. The first kappa shape index (κ1) is 22.6. The molecule has 3 nitrogen and oxygen atoms in total. The number of aromatic hydroxyl groups is 1. The first-order valence-corrected chi connectivity index (χ1v) is 9.51. The number of aryl methyl sites for hydroxylation is 1. The zero-order chi connectivity index (χ0) is 21.8. The van der Waals surface area contributed by atoms with Crippen LogP contribution in [0, 0.1) is 12.8 Å². The van der Waals surface area contributed by atoms with Crippen LogP contribution in [-0.2, 0) is 5.60 Å². The molecule has 2 N–H and O–H groups in total. The highest BCUT2D eigenvalue weighted by molar-refractivity contribution is 5.61. The monoisotopic (exact) mass is 402 g/mol. The zero-order valence-electron chi connectivity index (χ0n) is 17.2. The van der Waals surface area contributed by atoms with Crippen molar-refractivity contribution >= 4 is 6.08 Å². The molecule has 0 amide bonds. The van der Waals surface area contributed by atoms with Crippen molar-refractivity contribution in [3.05, 3.63) is 77.4 Å². The topological polar surface area (TPSA) is 49.7 Å². The normalized spacial score (nSPS) is 15.1. The van der Waals surface area contributed by atoms with E-state index in [4.69, 9.17) is 4.74 Å². The van der Waals surface area contributed by atoms with Crippen molar-refractivity contribution < 1.29 is 23.7 Å². The van der Waals surface area contributed by atoms with E-state index in [2.05, 4.69) is 20.4 Å². The molecule has 2 atom stereocenters. The maximum atomic E-state index is 15.0. The highest BCUT2D eigenvalue weighted by atomic mass is 19.3. The summed E-state index contributed by atoms with van der Waals surface area (Å²) in [5.41, 5.74) is -1.34. The van der Waals surface area contributed by atoms with E-state index in [1.807, 2.05) is 12.2 Å². The number of alkyl halides is 2. The molecule has 0 bridgehead atoms. The summed E-state index contributed by atoms with van der Waals surface area (Å²) >= 11 is 0. The zero-order valence-corrected chi connectivity index (χ0v) is 17.2. The van der Waals surface area contributed by atoms with Crippen molar-refractivity contribution in [2.75, 3.05) is 7.11 Å². The van der Waals surface area contributed by atoms with Crippen LogP contribution in [0.4, 0.5) is 8.78 Å². The van der Waals surface area contributed by atoms with Gasteiger partial charge in [-0.25, -0.2) is 0 Å². The predicted molar refractivity (Wildman–Crippen MR) is 112 cm³/mol. The van der Waals surface area contributed by atoms with Gasteiger partial charge in [-0.1, -0.05) is 51.1 Å². The maximum Gasteiger partial charge on any atom is 0.302 e. The molecule has 0 aliphatic carbocycles. The number of hydrogen-bond acceptors (Lipinski definition) is 3. The summed E-state index contributed by atoms with van der Waals surface area (Å²) in [5.74, 6) is -3.28. The molecule has 0 aliphatic heterocycles. The summed E-state index contributed by atoms with van der Waals surface area (Å²) in [6, 6.07) is 8.19. The summed E-state index contributed by atoms with van der Waals surface area (Å²) in [7, 11) is 1.37. The van der Waals surface area contributed by atoms with Crippen LogP contribution in [0.25, 0.3) is 6.08 Å². The number of hydrogen-bond donors (Lipinski definition) is 2. The van der Waals surface area contributed by atoms with E-state index >= 15 is 8.78 Å². The van der Waals surface area contributed by atoms with Gasteiger partial charge in [-0.05, 0) is 59.9 Å². The molecule has 0 saturated heterocycles. The Morgan fingerprint density at radius 2 is 1.83 bits per heavy atom. The highest BCUT2D eigenvalue weighted by Gasteiger charge is 2.54. The van der Waals surface area contributed by atoms with Gasteiger partial charge in [0.2, 0.25) is 0 Å². The predicted octanol–water partition coefficient (Wildman–Crippen LogP) is 5.83. The Morgan fingerprint density at radius 3 is 2.34 bits per heavy atom. The van der Waals surface area contributed by atoms with Crippen LogP contribution in [0.15, 0.2) is 55.1 Å². The fraction of sp³-hybridized carbons (Fsp3) is 0.333. The Labute approximate surface area is 171 Å². The first-order valence-electron chi connectivity index (χ1n) is 9.51. The van der Waals surface area contributed by atoms with Gasteiger partial charge in [0.1, 0.15) is 11.5 Å². The molecule has 0 aliphatic rings. The van der Waals surface area contributed by atoms with Gasteiger partial charge in [0.25, 0.3) is 0 Å². The average Bonchev–Trinajstić information content (AvgIpc) is 2.72. The minimum Gasteiger partial charge on any atom is -0.508 e. The fourth-order valence-electron chi connectivity index (χ4n) is 3.12. The Morgan fingerprint density at radius 1 is 1.21 bits per heavy atom. The number of ether oxygens (including phenoxy) is 1. The van der Waals surface area contributed by atoms with Gasteiger partial charge in [0.05, 0.1) is 7.11 Å². The van der Waals surface area contributed by atoms with Crippen molar-refractivity contribution in [1.82, 2.24) is 0 Å². The van der Waals surface area contributed by atoms with Crippen LogP contribution >= 0.6 is 0 Å². The van der Waals surface area contributed by atoms with Gasteiger partial charge >= 0.3 is 5.92 Å². The number of phenolic OH excluding ortho intramolecular Hbond substituents is 1. The second-order valence-electron chi connectivity index (χ2n) is 7.24. The standard InChI is InChI=1S/C24H28F2O3/c1-6-16(3)8-9-18-15-22(29-5)21(14-17(18)4)24(28,23(25,26)7-2)19-10-12-20(27)13-11-19/h7-16,27-28H,2,6H2,1,3-5H3/b9-8+. The average molecular weight is 402 g/mol. The molecule has 2 aromatic carbocycles. The number of benzene rings is 2. The number of allylic oxidation sites excluding steroid dienone is 1. The van der Waals surface area contributed by atoms with Gasteiger partial charge in [-0.15, -0.1) is 0 Å². The van der Waals surface area contributed by atoms with E-state index < -0.39 is 11.5 Å². The number of aliphatic hydroxyl groups is 1. The number of halogens is 2. The van der Waals surface area contributed by atoms with E-state index in [1.54, 1.807) is 13.0 Å². The molecule has 0 saturated carbocycles. The van der Waals surface area contributed by atoms with Gasteiger partial charge in [0.15, 0.2) is 5.60 Å². The molecular weight excluding hydrogens is 374 g/mol. The number of phenols is 1. The minimum absolute atomic E-state index is 0.0752. The lowest BCUT2D eigenvalue weighted by Gasteiger charge is -2.36. The molecule has 0 heterocycles. The second-order valence-corrected chi connectivity index (χ2v) is 7.24. The summed E-state index contributed by atoms with van der Waals surface area (Å²) in [6.07, 6.45) is 5.38. The largest absolute Gasteiger partial charge is 0.508 e. The highest BCUT2D eigenvalue weighted by Crippen LogP contribution is 2.48. The van der Waals surface area contributed by atoms with Crippen LogP contribution in [0.5, 0.6) is 11.5 Å². The lowest BCUT2D eigenvalue weighted by atomic mass is 9.79. The molecule has 2 aromatic rings. The number of rotatable bonds is 8. The van der Waals surface area contributed by atoms with Crippen molar-refractivity contribution in [1.29, 1.82) is 0 Å². The first-order chi connectivity index (χ1) is 13.6. The van der Waals surface area contributed by atoms with E-state index in [0.717, 1.165) is 17.5 Å². The number of methoxy groups -OCH3 is 1. The third-order valence-corrected chi connectivity index (χ3v) is 5.25. The molecule has 0 radical (unpaired) electrons. The summed E-state index contributed by atoms with van der Waals surface area (Å²) in [4.78, 5) is 0. The summed E-state index contributed by atoms with van der Waals surface area (Å²) in [6.45, 7) is 9.18. The minimum atomic E-state index is -3.70. The van der Waals surface area contributed by atoms with E-state index in [1.165, 1.54) is 37.4 Å². The summed E-state index contributed by atoms with van der Waals surface area (Å²) in [5, 5.41) is 20.9. The Bertz CT molecular complexity index is 888. The SMILES string of the molecule is C=CC(F)(F)C(O)(c1ccc(O)cc1)c1cc(C)c(/C=C/C(C)CC)cc1OC. The lowest BCUT2D eigenvalue weighted by molar-refractivity contribution is -0.130. The van der Waals surface area contributed by atoms with Gasteiger partial charge in [-0.3, -0.25) is 0 Å². The molecule has 0 fully saturated rings. The molecule has 2 rings (SSSR count). The van der Waals surface area contributed by atoms with E-state index in [9.17, 15) is 10.2 Å². The lowest BCUT2D eigenvalue weighted by Crippen LogP contribution is -2.45. The van der Waals surface area contributed by atoms with Crippen LogP contribution < -0.4 is 4.74 Å². The van der Waals surface area contributed by atoms with Crippen molar-refractivity contribution in [2.45, 2.75) is 38.7 Å². The van der Waals surface area contributed by atoms with Crippen LogP contribution in [0.3, 0.4) is 0 Å². The molecule has 156 valence electrons. The van der Waals surface area contributed by atoms with Crippen LogP contribution in [0.1, 0.15) is 42.5 Å². The smallest absolute Gasteiger partial charge is 0.302 e. The Balaban J connectivity index is 2.74. The quantitative estimate of drug-likeness (QED) is 0.547. The maximum absolute atomic E-state index is 15.0.